The van der Waals surface area contributed by atoms with Crippen LogP contribution in [0.15, 0.2) is 0 Å². The molecule has 4 heteroatoms. The third-order valence-electron chi connectivity index (χ3n) is 4.52. The highest BCUT2D eigenvalue weighted by Gasteiger charge is 2.44. The van der Waals surface area contributed by atoms with E-state index in [0.717, 1.165) is 38.5 Å². The zero-order valence-corrected chi connectivity index (χ0v) is 10.9. The monoisotopic (exact) mass is 250 g/mol. The predicted octanol–water partition coefficient (Wildman–Crippen LogP) is 1.74. The fraction of sp³-hybridized carbons (Fsp3) is 0.857. The van der Waals surface area contributed by atoms with Gasteiger partial charge < -0.3 is 10.4 Å². The zero-order valence-electron chi connectivity index (χ0n) is 10.9. The molecule has 100 valence electrons. The van der Waals surface area contributed by atoms with Gasteiger partial charge in [-0.1, -0.05) is 25.7 Å². The molecule has 2 N–H and O–H groups in total. The van der Waals surface area contributed by atoms with Crippen molar-refractivity contribution < 1.29 is 9.90 Å². The fourth-order valence-corrected chi connectivity index (χ4v) is 2.73. The van der Waals surface area contributed by atoms with Gasteiger partial charge in [-0.25, -0.2) is 0 Å². The number of rotatable bonds is 4. The summed E-state index contributed by atoms with van der Waals surface area (Å²) in [6.07, 6.45) is 7.49. The first-order valence-electron chi connectivity index (χ1n) is 6.97. The Kier molecular flexibility index (Phi) is 3.91. The van der Waals surface area contributed by atoms with Crippen molar-refractivity contribution in [1.82, 2.24) is 5.32 Å². The first kappa shape index (κ1) is 13.4. The molecule has 0 spiro atoms. The molecule has 0 unspecified atom stereocenters. The SMILES string of the molecule is N#CC1(C(=O)NCC2(CO)CC2)CCCCCC1. The molecule has 0 saturated heterocycles. The second-order valence-electron chi connectivity index (χ2n) is 5.95. The summed E-state index contributed by atoms with van der Waals surface area (Å²) < 4.78 is 0. The second-order valence-corrected chi connectivity index (χ2v) is 5.95. The molecule has 2 rings (SSSR count). The van der Waals surface area contributed by atoms with Crippen molar-refractivity contribution in [2.24, 2.45) is 10.8 Å². The van der Waals surface area contributed by atoms with Crippen LogP contribution in [0.4, 0.5) is 0 Å². The summed E-state index contributed by atoms with van der Waals surface area (Å²) in [7, 11) is 0. The summed E-state index contributed by atoms with van der Waals surface area (Å²) in [5.41, 5.74) is -0.904. The first-order valence-corrected chi connectivity index (χ1v) is 6.97. The molecule has 0 radical (unpaired) electrons. The largest absolute Gasteiger partial charge is 0.396 e. The van der Waals surface area contributed by atoms with E-state index in [-0.39, 0.29) is 17.9 Å². The number of aliphatic hydroxyl groups is 1. The van der Waals surface area contributed by atoms with Gasteiger partial charge in [0.05, 0.1) is 12.7 Å². The van der Waals surface area contributed by atoms with Crippen LogP contribution in [0.1, 0.15) is 51.4 Å². The van der Waals surface area contributed by atoms with Crippen molar-refractivity contribution in [3.8, 4) is 6.07 Å². The lowest BCUT2D eigenvalue weighted by Gasteiger charge is -2.25. The molecule has 0 heterocycles. The number of nitriles is 1. The van der Waals surface area contributed by atoms with Crippen LogP contribution >= 0.6 is 0 Å². The Labute approximate surface area is 108 Å². The van der Waals surface area contributed by atoms with E-state index in [2.05, 4.69) is 11.4 Å². The van der Waals surface area contributed by atoms with E-state index >= 15 is 0 Å². The van der Waals surface area contributed by atoms with Crippen LogP contribution in [0.5, 0.6) is 0 Å². The maximum atomic E-state index is 12.3. The fourth-order valence-electron chi connectivity index (χ4n) is 2.73. The second kappa shape index (κ2) is 5.27. The van der Waals surface area contributed by atoms with Crippen molar-refractivity contribution in [1.29, 1.82) is 5.26 Å². The Morgan fingerprint density at radius 1 is 1.17 bits per heavy atom. The lowest BCUT2D eigenvalue weighted by atomic mass is 9.81. The van der Waals surface area contributed by atoms with Crippen LogP contribution in [-0.2, 0) is 4.79 Å². The molecule has 2 fully saturated rings. The van der Waals surface area contributed by atoms with Gasteiger partial charge in [0, 0.05) is 12.0 Å². The summed E-state index contributed by atoms with van der Waals surface area (Å²) in [6.45, 7) is 0.651. The lowest BCUT2D eigenvalue weighted by Crippen LogP contribution is -2.42. The Hall–Kier alpha value is -1.08. The molecule has 0 bridgehead atoms. The molecule has 2 aliphatic rings. The zero-order chi connectivity index (χ0) is 13.1. The van der Waals surface area contributed by atoms with Crippen LogP contribution < -0.4 is 5.32 Å². The molecule has 0 aromatic heterocycles. The minimum Gasteiger partial charge on any atom is -0.396 e. The van der Waals surface area contributed by atoms with Crippen LogP contribution in [0.3, 0.4) is 0 Å². The number of amides is 1. The molecular weight excluding hydrogens is 228 g/mol. The van der Waals surface area contributed by atoms with Gasteiger partial charge in [-0.05, 0) is 25.7 Å². The van der Waals surface area contributed by atoms with Crippen LogP contribution in [-0.4, -0.2) is 24.2 Å². The van der Waals surface area contributed by atoms with E-state index in [1.165, 1.54) is 0 Å². The molecule has 2 saturated carbocycles. The maximum Gasteiger partial charge on any atom is 0.240 e. The molecule has 0 aliphatic heterocycles. The number of hydrogen-bond acceptors (Lipinski definition) is 3. The highest BCUT2D eigenvalue weighted by atomic mass is 16.3. The van der Waals surface area contributed by atoms with Crippen molar-refractivity contribution in [2.45, 2.75) is 51.4 Å². The van der Waals surface area contributed by atoms with Gasteiger partial charge in [0.2, 0.25) is 5.91 Å². The van der Waals surface area contributed by atoms with Gasteiger partial charge in [0.15, 0.2) is 0 Å². The third-order valence-corrected chi connectivity index (χ3v) is 4.52. The van der Waals surface area contributed by atoms with E-state index in [4.69, 9.17) is 0 Å². The minimum atomic E-state index is -0.817. The number of carbonyl (C=O) groups is 1. The summed E-state index contributed by atoms with van der Waals surface area (Å²) in [5, 5.41) is 21.5. The number of carbonyl (C=O) groups excluding carboxylic acids is 1. The molecular formula is C14H22N2O2. The molecule has 0 atom stereocenters. The van der Waals surface area contributed by atoms with Gasteiger partial charge in [-0.15, -0.1) is 0 Å². The highest BCUT2D eigenvalue weighted by Crippen LogP contribution is 2.44. The molecule has 1 amide bonds. The third kappa shape index (κ3) is 2.67. The Morgan fingerprint density at radius 3 is 2.22 bits per heavy atom. The van der Waals surface area contributed by atoms with Crippen molar-refractivity contribution >= 4 is 5.91 Å². The van der Waals surface area contributed by atoms with Crippen LogP contribution in [0.2, 0.25) is 0 Å². The van der Waals surface area contributed by atoms with Crippen LogP contribution in [0, 0.1) is 22.2 Å². The first-order chi connectivity index (χ1) is 8.66. The number of nitrogens with zero attached hydrogens (tertiary/aromatic N) is 1. The Balaban J connectivity index is 1.94. The molecule has 4 nitrogen and oxygen atoms in total. The van der Waals surface area contributed by atoms with E-state index in [9.17, 15) is 15.2 Å². The van der Waals surface area contributed by atoms with Crippen molar-refractivity contribution in [2.75, 3.05) is 13.2 Å². The molecule has 2 aliphatic carbocycles. The van der Waals surface area contributed by atoms with Gasteiger partial charge in [0.1, 0.15) is 5.41 Å². The van der Waals surface area contributed by atoms with Gasteiger partial charge in [-0.2, -0.15) is 5.26 Å². The van der Waals surface area contributed by atoms with E-state index in [1.54, 1.807) is 0 Å². The maximum absolute atomic E-state index is 12.3. The van der Waals surface area contributed by atoms with Crippen molar-refractivity contribution in [3.05, 3.63) is 0 Å². The molecule has 0 aromatic rings. The predicted molar refractivity (Wildman–Crippen MR) is 67.5 cm³/mol. The Bertz CT molecular complexity index is 347. The molecule has 0 aromatic carbocycles. The average Bonchev–Trinajstić information content (AvgIpc) is 3.20. The summed E-state index contributed by atoms with van der Waals surface area (Å²) in [6, 6.07) is 2.26. The number of nitrogens with one attached hydrogen (secondary N) is 1. The topological polar surface area (TPSA) is 73.1 Å². The van der Waals surface area contributed by atoms with Crippen LogP contribution in [0.25, 0.3) is 0 Å². The van der Waals surface area contributed by atoms with Gasteiger partial charge in [-0.3, -0.25) is 4.79 Å². The number of aliphatic hydroxyl groups excluding tert-OH is 1. The lowest BCUT2D eigenvalue weighted by molar-refractivity contribution is -0.129. The van der Waals surface area contributed by atoms with Gasteiger partial charge in [0.25, 0.3) is 0 Å². The number of hydrogen-bond donors (Lipinski definition) is 2. The minimum absolute atomic E-state index is 0.0863. The smallest absolute Gasteiger partial charge is 0.240 e. The molecule has 18 heavy (non-hydrogen) atoms. The average molecular weight is 250 g/mol. The Morgan fingerprint density at radius 2 is 1.78 bits per heavy atom. The van der Waals surface area contributed by atoms with E-state index < -0.39 is 5.41 Å². The standard InChI is InChI=1S/C14H22N2O2/c15-9-14(5-3-1-2-4-6-14)12(18)16-10-13(11-17)7-8-13/h17H,1-8,10-11H2,(H,16,18). The van der Waals surface area contributed by atoms with Crippen molar-refractivity contribution in [3.63, 3.8) is 0 Å². The van der Waals surface area contributed by atoms with E-state index in [1.807, 2.05) is 0 Å². The van der Waals surface area contributed by atoms with E-state index in [0.29, 0.717) is 19.4 Å². The summed E-state index contributed by atoms with van der Waals surface area (Å²) >= 11 is 0. The summed E-state index contributed by atoms with van der Waals surface area (Å²) in [4.78, 5) is 12.3. The van der Waals surface area contributed by atoms with Gasteiger partial charge >= 0.3 is 0 Å². The normalized spacial score (nSPS) is 24.7. The highest BCUT2D eigenvalue weighted by molar-refractivity contribution is 5.85. The quantitative estimate of drug-likeness (QED) is 0.746. The summed E-state index contributed by atoms with van der Waals surface area (Å²) in [5.74, 6) is -0.119.